The van der Waals surface area contributed by atoms with Crippen LogP contribution in [0, 0.1) is 5.92 Å². The molecule has 1 aliphatic rings. The van der Waals surface area contributed by atoms with Gasteiger partial charge in [-0.15, -0.1) is 0 Å². The number of methoxy groups -OCH3 is 1. The average molecular weight is 305 g/mol. The van der Waals surface area contributed by atoms with E-state index in [1.165, 1.54) is 11.6 Å². The highest BCUT2D eigenvalue weighted by Gasteiger charge is 2.29. The van der Waals surface area contributed by atoms with E-state index in [4.69, 9.17) is 9.84 Å². The van der Waals surface area contributed by atoms with Crippen molar-refractivity contribution in [2.24, 2.45) is 5.92 Å². The van der Waals surface area contributed by atoms with Crippen molar-refractivity contribution in [3.05, 3.63) is 59.5 Å². The number of aliphatic hydroxyl groups is 1. The molecule has 1 rings (SSSR count). The summed E-state index contributed by atoms with van der Waals surface area (Å²) in [6.45, 7) is 11.3. The quantitative estimate of drug-likeness (QED) is 0.383. The minimum atomic E-state index is 0.325. The van der Waals surface area contributed by atoms with Crippen molar-refractivity contribution in [2.45, 2.75) is 20.8 Å². The number of ether oxygens (including phenoxy) is 1. The van der Waals surface area contributed by atoms with Gasteiger partial charge in [-0.05, 0) is 25.5 Å². The lowest BCUT2D eigenvalue weighted by atomic mass is 10.0. The minimum Gasteiger partial charge on any atom is -0.515 e. The first-order valence-corrected chi connectivity index (χ1v) is 7.28. The van der Waals surface area contributed by atoms with Gasteiger partial charge in [-0.2, -0.15) is 0 Å². The molecule has 0 fully saturated rings. The molecule has 122 valence electrons. The summed E-state index contributed by atoms with van der Waals surface area (Å²) < 4.78 is 5.13. The maximum atomic E-state index is 8.79. The fourth-order valence-electron chi connectivity index (χ4n) is 2.30. The van der Waals surface area contributed by atoms with E-state index in [1.54, 1.807) is 7.11 Å². The summed E-state index contributed by atoms with van der Waals surface area (Å²) in [6, 6.07) is 0. The van der Waals surface area contributed by atoms with E-state index >= 15 is 0 Å². The van der Waals surface area contributed by atoms with Gasteiger partial charge in [-0.3, -0.25) is 0 Å². The van der Waals surface area contributed by atoms with Crippen LogP contribution in [0.4, 0.5) is 0 Å². The lowest BCUT2D eigenvalue weighted by Gasteiger charge is -2.25. The number of nitrogens with one attached hydrogen (secondary N) is 2. The van der Waals surface area contributed by atoms with Crippen LogP contribution in [0.2, 0.25) is 0 Å². The second-order valence-electron chi connectivity index (χ2n) is 5.31. The SMILES string of the molecule is C=C1C(C)C(C)=C(NNC)N1C/C(C)=C/C=C(\C=C\O)OC. The predicted octanol–water partition coefficient (Wildman–Crippen LogP) is 2.96. The van der Waals surface area contributed by atoms with E-state index in [2.05, 4.69) is 43.1 Å². The fraction of sp³-hybridized carbons (Fsp3) is 0.412. The molecule has 0 aromatic heterocycles. The van der Waals surface area contributed by atoms with Crippen LogP contribution in [0.1, 0.15) is 20.8 Å². The molecule has 22 heavy (non-hydrogen) atoms. The van der Waals surface area contributed by atoms with Crippen LogP contribution < -0.4 is 10.9 Å². The lowest BCUT2D eigenvalue weighted by Crippen LogP contribution is -2.36. The van der Waals surface area contributed by atoms with Gasteiger partial charge in [0.2, 0.25) is 0 Å². The van der Waals surface area contributed by atoms with Gasteiger partial charge in [0.25, 0.3) is 0 Å². The Labute approximate surface area is 133 Å². The second kappa shape index (κ2) is 8.34. The molecule has 0 bridgehead atoms. The molecule has 0 spiro atoms. The summed E-state index contributed by atoms with van der Waals surface area (Å²) in [4.78, 5) is 2.17. The molecule has 1 atom stereocenters. The first-order chi connectivity index (χ1) is 10.5. The summed E-state index contributed by atoms with van der Waals surface area (Å²) in [5.41, 5.74) is 9.67. The highest BCUT2D eigenvalue weighted by Crippen LogP contribution is 2.34. The standard InChI is InChI=1S/C17H27N3O2/c1-12(7-8-16(22-6)9-10-21)11-20-15(4)13(2)14(3)17(20)19-18-5/h7-10,13,18-19,21H,4,11H2,1-3,5-6H3/b10-9+,12-7+,16-8+. The number of nitrogens with zero attached hydrogens (tertiary/aromatic N) is 1. The molecule has 0 saturated carbocycles. The van der Waals surface area contributed by atoms with Crippen LogP contribution in [0.25, 0.3) is 0 Å². The molecule has 0 saturated heterocycles. The molecular weight excluding hydrogens is 278 g/mol. The van der Waals surface area contributed by atoms with E-state index in [0.717, 1.165) is 29.9 Å². The summed E-state index contributed by atoms with van der Waals surface area (Å²) in [6.07, 6.45) is 6.26. The van der Waals surface area contributed by atoms with Crippen molar-refractivity contribution in [3.63, 3.8) is 0 Å². The number of aliphatic hydroxyl groups excluding tert-OH is 1. The van der Waals surface area contributed by atoms with Gasteiger partial charge in [0.15, 0.2) is 0 Å². The largest absolute Gasteiger partial charge is 0.515 e. The lowest BCUT2D eigenvalue weighted by molar-refractivity contribution is 0.304. The van der Waals surface area contributed by atoms with Gasteiger partial charge < -0.3 is 20.2 Å². The predicted molar refractivity (Wildman–Crippen MR) is 90.5 cm³/mol. The molecule has 5 nitrogen and oxygen atoms in total. The Kier molecular flexibility index (Phi) is 6.79. The van der Waals surface area contributed by atoms with Crippen molar-refractivity contribution >= 4 is 0 Å². The maximum absolute atomic E-state index is 8.79. The summed E-state index contributed by atoms with van der Waals surface area (Å²) in [5.74, 6) is 1.97. The zero-order valence-electron chi connectivity index (χ0n) is 14.1. The zero-order valence-corrected chi connectivity index (χ0v) is 14.1. The molecule has 0 aromatic rings. The smallest absolute Gasteiger partial charge is 0.121 e. The normalized spacial score (nSPS) is 20.3. The molecule has 0 aliphatic carbocycles. The van der Waals surface area contributed by atoms with Crippen molar-refractivity contribution in [1.29, 1.82) is 0 Å². The summed E-state index contributed by atoms with van der Waals surface area (Å²) >= 11 is 0. The van der Waals surface area contributed by atoms with Crippen LogP contribution in [0.5, 0.6) is 0 Å². The van der Waals surface area contributed by atoms with Gasteiger partial charge >= 0.3 is 0 Å². The van der Waals surface area contributed by atoms with Crippen LogP contribution in [0.3, 0.4) is 0 Å². The Balaban J connectivity index is 2.90. The Morgan fingerprint density at radius 1 is 1.45 bits per heavy atom. The monoisotopic (exact) mass is 305 g/mol. The number of hydrogen-bond donors (Lipinski definition) is 3. The Morgan fingerprint density at radius 2 is 2.14 bits per heavy atom. The van der Waals surface area contributed by atoms with Gasteiger partial charge in [0.1, 0.15) is 11.6 Å². The Bertz CT molecular complexity index is 530. The van der Waals surface area contributed by atoms with Crippen LogP contribution in [-0.4, -0.2) is 30.7 Å². The van der Waals surface area contributed by atoms with Crippen molar-refractivity contribution in [1.82, 2.24) is 15.8 Å². The highest BCUT2D eigenvalue weighted by atomic mass is 16.5. The molecule has 0 radical (unpaired) electrons. The number of allylic oxidation sites excluding steroid dienone is 4. The Morgan fingerprint density at radius 3 is 2.68 bits per heavy atom. The zero-order chi connectivity index (χ0) is 16.7. The number of rotatable bonds is 7. The first kappa shape index (κ1) is 17.9. The van der Waals surface area contributed by atoms with E-state index in [-0.39, 0.29) is 0 Å². The van der Waals surface area contributed by atoms with Crippen molar-refractivity contribution < 1.29 is 9.84 Å². The van der Waals surface area contributed by atoms with Crippen molar-refractivity contribution in [2.75, 3.05) is 20.7 Å². The average Bonchev–Trinajstić information content (AvgIpc) is 2.69. The number of hydrogen-bond acceptors (Lipinski definition) is 5. The summed E-state index contributed by atoms with van der Waals surface area (Å²) in [7, 11) is 3.42. The van der Waals surface area contributed by atoms with Crippen LogP contribution >= 0.6 is 0 Å². The third-order valence-electron chi connectivity index (χ3n) is 3.80. The van der Waals surface area contributed by atoms with E-state index in [9.17, 15) is 0 Å². The molecule has 1 unspecified atom stereocenters. The summed E-state index contributed by atoms with van der Waals surface area (Å²) in [5, 5.41) is 8.79. The molecule has 0 amide bonds. The maximum Gasteiger partial charge on any atom is 0.121 e. The van der Waals surface area contributed by atoms with E-state index in [0.29, 0.717) is 11.7 Å². The van der Waals surface area contributed by atoms with Crippen LogP contribution in [-0.2, 0) is 4.74 Å². The molecular formula is C17H27N3O2. The van der Waals surface area contributed by atoms with E-state index < -0.39 is 0 Å². The molecule has 5 heteroatoms. The molecule has 1 heterocycles. The van der Waals surface area contributed by atoms with Gasteiger partial charge in [-0.1, -0.05) is 25.2 Å². The van der Waals surface area contributed by atoms with Gasteiger partial charge in [0, 0.05) is 31.3 Å². The topological polar surface area (TPSA) is 56.8 Å². The van der Waals surface area contributed by atoms with E-state index in [1.807, 2.05) is 19.2 Å². The fourth-order valence-corrected chi connectivity index (χ4v) is 2.30. The van der Waals surface area contributed by atoms with Gasteiger partial charge in [-0.25, -0.2) is 5.43 Å². The minimum absolute atomic E-state index is 0.325. The van der Waals surface area contributed by atoms with Crippen molar-refractivity contribution in [3.8, 4) is 0 Å². The third kappa shape index (κ3) is 4.18. The number of hydrazine groups is 1. The Hall–Kier alpha value is -2.14. The second-order valence-corrected chi connectivity index (χ2v) is 5.31. The van der Waals surface area contributed by atoms with Gasteiger partial charge in [0.05, 0.1) is 13.4 Å². The third-order valence-corrected chi connectivity index (χ3v) is 3.80. The molecule has 1 aliphatic heterocycles. The van der Waals surface area contributed by atoms with Crippen LogP contribution in [0.15, 0.2) is 59.5 Å². The molecule has 0 aromatic carbocycles. The molecule has 3 N–H and O–H groups in total. The first-order valence-electron chi connectivity index (χ1n) is 7.28. The highest BCUT2D eigenvalue weighted by molar-refractivity contribution is 5.33.